The molecule has 5 heteroatoms. The summed E-state index contributed by atoms with van der Waals surface area (Å²) in [5.41, 5.74) is 6.98. The summed E-state index contributed by atoms with van der Waals surface area (Å²) in [5.74, 6) is 1.07. The monoisotopic (exact) mass is 261 g/mol. The molecule has 0 amide bonds. The normalized spacial score (nSPS) is 10.6. The van der Waals surface area contributed by atoms with Gasteiger partial charge in [-0.1, -0.05) is 30.0 Å². The Labute approximate surface area is 111 Å². The lowest BCUT2D eigenvalue weighted by molar-refractivity contribution is 0.177. The number of aryl methyl sites for hydroxylation is 1. The highest BCUT2D eigenvalue weighted by atomic mass is 32.2. The van der Waals surface area contributed by atoms with E-state index in [-0.39, 0.29) is 0 Å². The van der Waals surface area contributed by atoms with E-state index in [1.54, 1.807) is 24.9 Å². The zero-order valence-electron chi connectivity index (χ0n) is 10.4. The average molecular weight is 261 g/mol. The lowest BCUT2D eigenvalue weighted by atomic mass is 10.2. The van der Waals surface area contributed by atoms with Gasteiger partial charge in [0.1, 0.15) is 17.5 Å². The Hall–Kier alpha value is -1.59. The van der Waals surface area contributed by atoms with Crippen molar-refractivity contribution < 1.29 is 4.74 Å². The van der Waals surface area contributed by atoms with Crippen LogP contribution in [0.25, 0.3) is 0 Å². The minimum absolute atomic E-state index is 0.367. The van der Waals surface area contributed by atoms with Crippen molar-refractivity contribution in [2.45, 2.75) is 23.5 Å². The third-order valence-electron chi connectivity index (χ3n) is 2.35. The molecule has 1 aromatic heterocycles. The highest BCUT2D eigenvalue weighted by Gasteiger charge is 2.06. The molecule has 2 N–H and O–H groups in total. The SMILES string of the molecule is COCc1nc(N)cc(Sc2ccccc2C)n1. The summed E-state index contributed by atoms with van der Waals surface area (Å²) >= 11 is 1.58. The van der Waals surface area contributed by atoms with E-state index in [4.69, 9.17) is 10.5 Å². The third-order valence-corrected chi connectivity index (χ3v) is 3.45. The molecule has 0 aliphatic carbocycles. The molecular formula is C13H15N3OS. The predicted octanol–water partition coefficient (Wildman–Crippen LogP) is 2.66. The van der Waals surface area contributed by atoms with Crippen molar-refractivity contribution in [3.63, 3.8) is 0 Å². The first kappa shape index (κ1) is 12.9. The van der Waals surface area contributed by atoms with Gasteiger partial charge >= 0.3 is 0 Å². The van der Waals surface area contributed by atoms with E-state index in [0.717, 1.165) is 5.03 Å². The highest BCUT2D eigenvalue weighted by Crippen LogP contribution is 2.29. The van der Waals surface area contributed by atoms with Gasteiger partial charge in [-0.15, -0.1) is 0 Å². The second-order valence-corrected chi connectivity index (χ2v) is 4.91. The molecule has 0 atom stereocenters. The number of ether oxygens (including phenoxy) is 1. The molecule has 18 heavy (non-hydrogen) atoms. The van der Waals surface area contributed by atoms with Gasteiger partial charge in [-0.05, 0) is 18.6 Å². The van der Waals surface area contributed by atoms with Crippen LogP contribution >= 0.6 is 11.8 Å². The molecule has 0 spiro atoms. The first-order valence-electron chi connectivity index (χ1n) is 5.55. The first-order valence-corrected chi connectivity index (χ1v) is 6.36. The number of rotatable bonds is 4. The van der Waals surface area contributed by atoms with Gasteiger partial charge in [-0.25, -0.2) is 9.97 Å². The fourth-order valence-corrected chi connectivity index (χ4v) is 2.45. The van der Waals surface area contributed by atoms with Crippen LogP contribution in [0.15, 0.2) is 40.3 Å². The molecule has 1 heterocycles. The molecule has 2 rings (SSSR count). The maximum atomic E-state index is 5.76. The van der Waals surface area contributed by atoms with Crippen molar-refractivity contribution in [2.75, 3.05) is 12.8 Å². The van der Waals surface area contributed by atoms with Crippen LogP contribution in [-0.2, 0) is 11.3 Å². The Morgan fingerprint density at radius 2 is 2.06 bits per heavy atom. The van der Waals surface area contributed by atoms with Crippen LogP contribution in [0.2, 0.25) is 0 Å². The van der Waals surface area contributed by atoms with Crippen molar-refractivity contribution in [2.24, 2.45) is 0 Å². The summed E-state index contributed by atoms with van der Waals surface area (Å²) in [5, 5.41) is 0.837. The van der Waals surface area contributed by atoms with Gasteiger partial charge in [0.05, 0.1) is 0 Å². The number of nitrogen functional groups attached to an aromatic ring is 1. The van der Waals surface area contributed by atoms with Crippen LogP contribution in [0.3, 0.4) is 0 Å². The van der Waals surface area contributed by atoms with E-state index in [2.05, 4.69) is 29.0 Å². The second-order valence-electron chi connectivity index (χ2n) is 3.85. The Kier molecular flexibility index (Phi) is 4.17. The summed E-state index contributed by atoms with van der Waals surface area (Å²) < 4.78 is 5.02. The van der Waals surface area contributed by atoms with Crippen LogP contribution < -0.4 is 5.73 Å². The molecule has 94 valence electrons. The van der Waals surface area contributed by atoms with E-state index < -0.39 is 0 Å². The van der Waals surface area contributed by atoms with Gasteiger partial charge in [-0.3, -0.25) is 0 Å². The molecule has 0 bridgehead atoms. The largest absolute Gasteiger partial charge is 0.384 e. The molecule has 0 unspecified atom stereocenters. The van der Waals surface area contributed by atoms with E-state index in [1.165, 1.54) is 10.5 Å². The van der Waals surface area contributed by atoms with Crippen molar-refractivity contribution >= 4 is 17.6 Å². The second kappa shape index (κ2) is 5.84. The minimum Gasteiger partial charge on any atom is -0.384 e. The Balaban J connectivity index is 2.26. The van der Waals surface area contributed by atoms with Crippen LogP contribution in [-0.4, -0.2) is 17.1 Å². The number of nitrogens with two attached hydrogens (primary N) is 1. The predicted molar refractivity (Wildman–Crippen MR) is 72.5 cm³/mol. The Morgan fingerprint density at radius 3 is 2.78 bits per heavy atom. The molecular weight excluding hydrogens is 246 g/mol. The van der Waals surface area contributed by atoms with Gasteiger partial charge in [0.25, 0.3) is 0 Å². The number of hydrogen-bond acceptors (Lipinski definition) is 5. The van der Waals surface area contributed by atoms with Gasteiger partial charge in [0, 0.05) is 18.1 Å². The molecule has 0 fully saturated rings. The van der Waals surface area contributed by atoms with E-state index >= 15 is 0 Å². The van der Waals surface area contributed by atoms with Crippen LogP contribution in [0.5, 0.6) is 0 Å². The van der Waals surface area contributed by atoms with Crippen LogP contribution in [0, 0.1) is 6.92 Å². The molecule has 0 saturated carbocycles. The minimum atomic E-state index is 0.367. The zero-order chi connectivity index (χ0) is 13.0. The smallest absolute Gasteiger partial charge is 0.157 e. The number of benzene rings is 1. The molecule has 0 saturated heterocycles. The molecule has 0 radical (unpaired) electrons. The van der Waals surface area contributed by atoms with Gasteiger partial charge in [0.2, 0.25) is 0 Å². The van der Waals surface area contributed by atoms with E-state index in [1.807, 2.05) is 12.1 Å². The fourth-order valence-electron chi connectivity index (χ4n) is 1.52. The summed E-state index contributed by atoms with van der Waals surface area (Å²) in [6.45, 7) is 2.44. The van der Waals surface area contributed by atoms with Crippen molar-refractivity contribution in [3.05, 3.63) is 41.7 Å². The quantitative estimate of drug-likeness (QED) is 0.857. The van der Waals surface area contributed by atoms with Crippen LogP contribution in [0.4, 0.5) is 5.82 Å². The maximum absolute atomic E-state index is 5.76. The topological polar surface area (TPSA) is 61.0 Å². The first-order chi connectivity index (χ1) is 8.69. The summed E-state index contributed by atoms with van der Waals surface area (Å²) in [6, 6.07) is 9.94. The van der Waals surface area contributed by atoms with Crippen molar-refractivity contribution in [1.82, 2.24) is 9.97 Å². The zero-order valence-corrected chi connectivity index (χ0v) is 11.2. The molecule has 4 nitrogen and oxygen atoms in total. The van der Waals surface area contributed by atoms with Gasteiger partial charge in [-0.2, -0.15) is 0 Å². The molecule has 0 aliphatic rings. The van der Waals surface area contributed by atoms with Gasteiger partial charge in [0.15, 0.2) is 5.82 Å². The number of aromatic nitrogens is 2. The van der Waals surface area contributed by atoms with Gasteiger partial charge < -0.3 is 10.5 Å². The van der Waals surface area contributed by atoms with E-state index in [0.29, 0.717) is 18.2 Å². The fraction of sp³-hybridized carbons (Fsp3) is 0.231. The lowest BCUT2D eigenvalue weighted by Crippen LogP contribution is -2.01. The average Bonchev–Trinajstić information content (AvgIpc) is 2.32. The molecule has 2 aromatic rings. The Bertz CT molecular complexity index is 546. The lowest BCUT2D eigenvalue weighted by Gasteiger charge is -2.06. The number of nitrogens with zero attached hydrogens (tertiary/aromatic N) is 2. The number of anilines is 1. The third kappa shape index (κ3) is 3.21. The van der Waals surface area contributed by atoms with Crippen molar-refractivity contribution in [3.8, 4) is 0 Å². The summed E-state index contributed by atoms with van der Waals surface area (Å²) in [4.78, 5) is 9.69. The summed E-state index contributed by atoms with van der Waals surface area (Å²) in [6.07, 6.45) is 0. The molecule has 1 aromatic carbocycles. The maximum Gasteiger partial charge on any atom is 0.157 e. The van der Waals surface area contributed by atoms with Crippen LogP contribution in [0.1, 0.15) is 11.4 Å². The number of hydrogen-bond donors (Lipinski definition) is 1. The van der Waals surface area contributed by atoms with Crippen molar-refractivity contribution in [1.29, 1.82) is 0 Å². The Morgan fingerprint density at radius 1 is 1.28 bits per heavy atom. The number of methoxy groups -OCH3 is 1. The molecule has 0 aliphatic heterocycles. The standard InChI is InChI=1S/C13H15N3OS/c1-9-5-3-4-6-10(9)18-13-7-11(14)15-12(16-13)8-17-2/h3-7H,8H2,1-2H3,(H2,14,15,16). The van der Waals surface area contributed by atoms with E-state index in [9.17, 15) is 0 Å². The summed E-state index contributed by atoms with van der Waals surface area (Å²) in [7, 11) is 1.61. The highest BCUT2D eigenvalue weighted by molar-refractivity contribution is 7.99.